The summed E-state index contributed by atoms with van der Waals surface area (Å²) in [7, 11) is -1.34. The maximum Gasteiger partial charge on any atom is 0.268 e. The van der Waals surface area contributed by atoms with Crippen LogP contribution in [0.4, 0.5) is 4.39 Å². The molecule has 0 radical (unpaired) electrons. The van der Waals surface area contributed by atoms with E-state index in [-0.39, 0.29) is 18.0 Å². The van der Waals surface area contributed by atoms with Gasteiger partial charge in [0.15, 0.2) is 11.5 Å². The molecule has 0 amide bonds. The summed E-state index contributed by atoms with van der Waals surface area (Å²) in [5.41, 5.74) is 0. The molecule has 0 aliphatic carbocycles. The highest BCUT2D eigenvalue weighted by Crippen LogP contribution is 2.33. The maximum atomic E-state index is 13.9. The van der Waals surface area contributed by atoms with Gasteiger partial charge in [0.25, 0.3) is 10.0 Å². The van der Waals surface area contributed by atoms with E-state index < -0.39 is 20.7 Å². The van der Waals surface area contributed by atoms with Crippen LogP contribution in [0.3, 0.4) is 0 Å². The van der Waals surface area contributed by atoms with Crippen molar-refractivity contribution < 1.29 is 27.1 Å². The fraction of sp³-hybridized carbons (Fsp3) is 0.455. The monoisotopic (exact) mass is 291 g/mol. The lowest BCUT2D eigenvalue weighted by molar-refractivity contribution is -0.0286. The van der Waals surface area contributed by atoms with Crippen LogP contribution < -0.4 is 9.47 Å². The van der Waals surface area contributed by atoms with Crippen molar-refractivity contribution in [2.75, 3.05) is 27.4 Å². The molecule has 1 fully saturated rings. The first-order valence-corrected chi connectivity index (χ1v) is 7.02. The summed E-state index contributed by atoms with van der Waals surface area (Å²) >= 11 is 0. The molecule has 1 saturated heterocycles. The lowest BCUT2D eigenvalue weighted by Crippen LogP contribution is -2.27. The number of hydrogen-bond acceptors (Lipinski definition) is 5. The van der Waals surface area contributed by atoms with E-state index in [4.69, 9.17) is 14.3 Å². The SMILES string of the molecule is COc1cc(F)c(S(=O)(=O)N2CCCO2)cc1OC. The smallest absolute Gasteiger partial charge is 0.268 e. The van der Waals surface area contributed by atoms with Crippen LogP contribution in [0.25, 0.3) is 0 Å². The summed E-state index contributed by atoms with van der Waals surface area (Å²) in [5.74, 6) is -0.642. The third kappa shape index (κ3) is 2.51. The molecule has 19 heavy (non-hydrogen) atoms. The Balaban J connectivity index is 2.49. The molecular formula is C11H14FNO5S. The number of hydrogen-bond donors (Lipinski definition) is 0. The molecule has 2 rings (SSSR count). The van der Waals surface area contributed by atoms with Gasteiger partial charge in [0, 0.05) is 18.7 Å². The Morgan fingerprint density at radius 1 is 1.26 bits per heavy atom. The summed E-state index contributed by atoms with van der Waals surface area (Å²) in [6.45, 7) is 0.504. The Morgan fingerprint density at radius 2 is 1.89 bits per heavy atom. The number of hydroxylamine groups is 1. The molecule has 0 atom stereocenters. The van der Waals surface area contributed by atoms with Crippen molar-refractivity contribution in [3.63, 3.8) is 0 Å². The predicted octanol–water partition coefficient (Wildman–Crippen LogP) is 1.17. The summed E-state index contributed by atoms with van der Waals surface area (Å²) in [6.07, 6.45) is 0.578. The molecule has 1 aliphatic rings. The molecule has 0 bridgehead atoms. The second kappa shape index (κ2) is 5.32. The minimum atomic E-state index is -4.03. The Bertz CT molecular complexity index is 569. The Hall–Kier alpha value is -1.38. The number of benzene rings is 1. The molecule has 0 aromatic heterocycles. The van der Waals surface area contributed by atoms with Crippen LogP contribution in [0.15, 0.2) is 17.0 Å². The largest absolute Gasteiger partial charge is 0.493 e. The number of methoxy groups -OCH3 is 2. The number of ether oxygens (including phenoxy) is 2. The molecule has 0 unspecified atom stereocenters. The molecular weight excluding hydrogens is 277 g/mol. The zero-order chi connectivity index (χ0) is 14.0. The average molecular weight is 291 g/mol. The van der Waals surface area contributed by atoms with Crippen molar-refractivity contribution in [1.29, 1.82) is 0 Å². The highest BCUT2D eigenvalue weighted by Gasteiger charge is 2.32. The van der Waals surface area contributed by atoms with Crippen LogP contribution in [0, 0.1) is 5.82 Å². The second-order valence-corrected chi connectivity index (χ2v) is 5.65. The second-order valence-electron chi connectivity index (χ2n) is 3.86. The van der Waals surface area contributed by atoms with Crippen LogP contribution in [-0.2, 0) is 14.9 Å². The summed E-state index contributed by atoms with van der Waals surface area (Å²) in [4.78, 5) is 4.47. The highest BCUT2D eigenvalue weighted by molar-refractivity contribution is 7.89. The maximum absolute atomic E-state index is 13.9. The van der Waals surface area contributed by atoms with Crippen LogP contribution in [-0.4, -0.2) is 40.3 Å². The summed E-state index contributed by atoms with van der Waals surface area (Å²) in [5, 5.41) is 0. The topological polar surface area (TPSA) is 65.1 Å². The zero-order valence-electron chi connectivity index (χ0n) is 10.6. The van der Waals surface area contributed by atoms with Gasteiger partial charge in [0.1, 0.15) is 10.7 Å². The van der Waals surface area contributed by atoms with Crippen molar-refractivity contribution in [3.05, 3.63) is 17.9 Å². The summed E-state index contributed by atoms with van der Waals surface area (Å²) < 4.78 is 48.9. The number of rotatable bonds is 4. The Morgan fingerprint density at radius 3 is 2.42 bits per heavy atom. The van der Waals surface area contributed by atoms with Crippen LogP contribution in [0.5, 0.6) is 11.5 Å². The van der Waals surface area contributed by atoms with Gasteiger partial charge < -0.3 is 9.47 Å². The van der Waals surface area contributed by atoms with E-state index in [2.05, 4.69) is 0 Å². The molecule has 8 heteroatoms. The van der Waals surface area contributed by atoms with Crippen molar-refractivity contribution in [1.82, 2.24) is 4.47 Å². The molecule has 1 aliphatic heterocycles. The first-order chi connectivity index (χ1) is 9.00. The van der Waals surface area contributed by atoms with Gasteiger partial charge in [-0.15, -0.1) is 0 Å². The molecule has 0 N–H and O–H groups in total. The van der Waals surface area contributed by atoms with Crippen molar-refractivity contribution in [2.24, 2.45) is 0 Å². The molecule has 106 valence electrons. The predicted molar refractivity (Wildman–Crippen MR) is 64.0 cm³/mol. The molecule has 1 aromatic rings. The number of nitrogens with zero attached hydrogens (tertiary/aromatic N) is 1. The lowest BCUT2D eigenvalue weighted by atomic mass is 10.3. The Labute approximate surface area is 110 Å². The summed E-state index contributed by atoms with van der Waals surface area (Å²) in [6, 6.07) is 2.06. The minimum absolute atomic E-state index is 0.126. The standard InChI is InChI=1S/C11H14FNO5S/c1-16-9-6-8(12)11(7-10(9)17-2)19(14,15)13-4-3-5-18-13/h6-7H,3-5H2,1-2H3. The number of sulfonamides is 1. The van der Waals surface area contributed by atoms with E-state index >= 15 is 0 Å². The lowest BCUT2D eigenvalue weighted by Gasteiger charge is -2.16. The fourth-order valence-corrected chi connectivity index (χ4v) is 3.12. The molecule has 0 spiro atoms. The van der Waals surface area contributed by atoms with Crippen molar-refractivity contribution in [3.8, 4) is 11.5 Å². The average Bonchev–Trinajstić information content (AvgIpc) is 2.92. The molecule has 0 saturated carbocycles. The van der Waals surface area contributed by atoms with Gasteiger partial charge in [0.05, 0.1) is 20.8 Å². The van der Waals surface area contributed by atoms with Gasteiger partial charge in [-0.1, -0.05) is 4.47 Å². The third-order valence-electron chi connectivity index (χ3n) is 2.70. The van der Waals surface area contributed by atoms with E-state index in [1.54, 1.807) is 0 Å². The van der Waals surface area contributed by atoms with Crippen LogP contribution in [0.1, 0.15) is 6.42 Å². The normalized spacial score (nSPS) is 16.6. The fourth-order valence-electron chi connectivity index (χ4n) is 1.76. The van der Waals surface area contributed by atoms with Crippen LogP contribution in [0.2, 0.25) is 0 Å². The van der Waals surface area contributed by atoms with Gasteiger partial charge in [-0.3, -0.25) is 4.84 Å². The number of halogens is 1. The quantitative estimate of drug-likeness (QED) is 0.833. The van der Waals surface area contributed by atoms with Crippen molar-refractivity contribution in [2.45, 2.75) is 11.3 Å². The van der Waals surface area contributed by atoms with Crippen molar-refractivity contribution >= 4 is 10.0 Å². The molecule has 1 aromatic carbocycles. The van der Waals surface area contributed by atoms with Gasteiger partial charge in [-0.05, 0) is 6.42 Å². The Kier molecular flexibility index (Phi) is 3.93. The molecule has 6 nitrogen and oxygen atoms in total. The first-order valence-electron chi connectivity index (χ1n) is 5.58. The van der Waals surface area contributed by atoms with E-state index in [9.17, 15) is 12.8 Å². The van der Waals surface area contributed by atoms with E-state index in [0.717, 1.165) is 16.6 Å². The zero-order valence-corrected chi connectivity index (χ0v) is 11.4. The van der Waals surface area contributed by atoms with E-state index in [1.165, 1.54) is 14.2 Å². The van der Waals surface area contributed by atoms with E-state index in [0.29, 0.717) is 13.0 Å². The first kappa shape index (κ1) is 14.0. The van der Waals surface area contributed by atoms with Gasteiger partial charge in [0.2, 0.25) is 0 Å². The highest BCUT2D eigenvalue weighted by atomic mass is 32.2. The minimum Gasteiger partial charge on any atom is -0.493 e. The van der Waals surface area contributed by atoms with Gasteiger partial charge >= 0.3 is 0 Å². The van der Waals surface area contributed by atoms with Crippen LogP contribution >= 0.6 is 0 Å². The van der Waals surface area contributed by atoms with Gasteiger partial charge in [-0.25, -0.2) is 12.8 Å². The molecule has 1 heterocycles. The third-order valence-corrected chi connectivity index (χ3v) is 4.40. The van der Waals surface area contributed by atoms with E-state index in [1.807, 2.05) is 0 Å². The van der Waals surface area contributed by atoms with Gasteiger partial charge in [-0.2, -0.15) is 0 Å².